The van der Waals surface area contributed by atoms with E-state index in [1.165, 1.54) is 0 Å². The first-order valence-electron chi connectivity index (χ1n) is 9.40. The van der Waals surface area contributed by atoms with Crippen molar-refractivity contribution >= 4 is 5.91 Å². The van der Waals surface area contributed by atoms with E-state index in [0.717, 1.165) is 44.6 Å². The van der Waals surface area contributed by atoms with Crippen molar-refractivity contribution in [3.05, 3.63) is 54.4 Å². The van der Waals surface area contributed by atoms with Crippen LogP contribution >= 0.6 is 0 Å². The van der Waals surface area contributed by atoms with E-state index in [-0.39, 0.29) is 17.3 Å². The van der Waals surface area contributed by atoms with E-state index in [0.29, 0.717) is 12.5 Å². The van der Waals surface area contributed by atoms with Crippen molar-refractivity contribution in [3.8, 4) is 0 Å². The number of pyridine rings is 1. The molecule has 7 nitrogen and oxygen atoms in total. The van der Waals surface area contributed by atoms with Crippen LogP contribution < -0.4 is 0 Å². The lowest BCUT2D eigenvalue weighted by atomic mass is 9.75. The van der Waals surface area contributed by atoms with Crippen molar-refractivity contribution in [2.45, 2.75) is 25.0 Å². The lowest BCUT2D eigenvalue weighted by molar-refractivity contribution is -0.0771. The summed E-state index contributed by atoms with van der Waals surface area (Å²) >= 11 is 0. The zero-order chi connectivity index (χ0) is 18.7. The molecule has 2 aromatic rings. The third kappa shape index (κ3) is 3.84. The van der Waals surface area contributed by atoms with Crippen LogP contribution in [0, 0.1) is 5.92 Å². The number of rotatable bonds is 5. The van der Waals surface area contributed by atoms with E-state index in [1.807, 2.05) is 23.2 Å². The third-order valence-electron chi connectivity index (χ3n) is 5.71. The molecule has 1 atom stereocenters. The van der Waals surface area contributed by atoms with Gasteiger partial charge in [0.15, 0.2) is 0 Å². The molecule has 1 amide bonds. The molecule has 0 N–H and O–H groups in total. The lowest BCUT2D eigenvalue weighted by Crippen LogP contribution is -2.72. The normalized spacial score (nSPS) is 21.8. The van der Waals surface area contributed by atoms with Gasteiger partial charge in [-0.25, -0.2) is 9.97 Å². The molecule has 2 aliphatic heterocycles. The molecule has 0 aliphatic carbocycles. The van der Waals surface area contributed by atoms with Crippen LogP contribution in [-0.2, 0) is 11.3 Å². The van der Waals surface area contributed by atoms with Gasteiger partial charge in [-0.2, -0.15) is 0 Å². The maximum Gasteiger partial charge on any atom is 0.291 e. The number of hydrogen-bond donors (Lipinski definition) is 0. The second-order valence-electron chi connectivity index (χ2n) is 7.61. The number of carbonyl (C=O) groups is 1. The highest BCUT2D eigenvalue weighted by Gasteiger charge is 2.51. The molecule has 4 rings (SSSR count). The fourth-order valence-electron chi connectivity index (χ4n) is 4.11. The van der Waals surface area contributed by atoms with Crippen molar-refractivity contribution in [1.29, 1.82) is 0 Å². The van der Waals surface area contributed by atoms with E-state index < -0.39 is 0 Å². The average Bonchev–Trinajstić information content (AvgIpc) is 2.68. The topological polar surface area (TPSA) is 71.5 Å². The van der Waals surface area contributed by atoms with Gasteiger partial charge in [-0.15, -0.1) is 0 Å². The molecule has 0 radical (unpaired) electrons. The van der Waals surface area contributed by atoms with Crippen LogP contribution in [0.15, 0.2) is 43.0 Å². The van der Waals surface area contributed by atoms with Crippen LogP contribution in [0.3, 0.4) is 0 Å². The van der Waals surface area contributed by atoms with Crippen LogP contribution in [0.1, 0.15) is 29.0 Å². The van der Waals surface area contributed by atoms with E-state index >= 15 is 0 Å². The summed E-state index contributed by atoms with van der Waals surface area (Å²) in [5, 5.41) is 0. The Labute approximate surface area is 159 Å². The summed E-state index contributed by atoms with van der Waals surface area (Å²) in [7, 11) is 2.16. The molecular weight excluding hydrogens is 342 g/mol. The Balaban J connectivity index is 1.30. The van der Waals surface area contributed by atoms with Crippen LogP contribution in [-0.4, -0.2) is 69.5 Å². The largest absolute Gasteiger partial charge is 0.376 e. The summed E-state index contributed by atoms with van der Waals surface area (Å²) in [6, 6.07) is 5.68. The van der Waals surface area contributed by atoms with Crippen LogP contribution in [0.4, 0.5) is 0 Å². The minimum atomic E-state index is -0.0791. The standard InChI is InChI=1S/C20H25N5O2/c1-24-9-5-16(12-27-13-17-4-2-6-21-11-17)10-20(24)14-25(15-20)19(26)18-22-7-3-8-23-18/h2-4,6-8,11,16H,5,9-10,12-15H2,1H3. The van der Waals surface area contributed by atoms with Gasteiger partial charge in [-0.1, -0.05) is 6.07 Å². The first-order chi connectivity index (χ1) is 13.2. The van der Waals surface area contributed by atoms with E-state index in [4.69, 9.17) is 4.74 Å². The van der Waals surface area contributed by atoms with Crippen molar-refractivity contribution in [2.75, 3.05) is 33.3 Å². The molecule has 1 spiro atoms. The lowest BCUT2D eigenvalue weighted by Gasteiger charge is -2.58. The summed E-state index contributed by atoms with van der Waals surface area (Å²) in [6.45, 7) is 3.85. The minimum Gasteiger partial charge on any atom is -0.376 e. The number of carbonyl (C=O) groups excluding carboxylic acids is 1. The number of nitrogens with zero attached hydrogens (tertiary/aromatic N) is 5. The Kier molecular flexibility index (Phi) is 5.13. The summed E-state index contributed by atoms with van der Waals surface area (Å²) in [4.78, 5) is 29.1. The first kappa shape index (κ1) is 18.0. The van der Waals surface area contributed by atoms with Crippen molar-refractivity contribution in [1.82, 2.24) is 24.8 Å². The van der Waals surface area contributed by atoms with Crippen molar-refractivity contribution in [2.24, 2.45) is 5.92 Å². The SMILES string of the molecule is CN1CCC(COCc2cccnc2)CC12CN(C(=O)c1ncccn1)C2. The number of amides is 1. The molecule has 2 aliphatic rings. The van der Waals surface area contributed by atoms with Gasteiger partial charge in [0.25, 0.3) is 5.91 Å². The summed E-state index contributed by atoms with van der Waals surface area (Å²) in [5.74, 6) is 0.717. The Morgan fingerprint density at radius 1 is 1.26 bits per heavy atom. The minimum absolute atomic E-state index is 0.0605. The fraction of sp³-hybridized carbons (Fsp3) is 0.500. The quantitative estimate of drug-likeness (QED) is 0.800. The van der Waals surface area contributed by atoms with E-state index in [9.17, 15) is 4.79 Å². The van der Waals surface area contributed by atoms with Crippen LogP contribution in [0.25, 0.3) is 0 Å². The highest BCUT2D eigenvalue weighted by Crippen LogP contribution is 2.38. The Bertz CT molecular complexity index is 764. The molecule has 142 valence electrons. The number of ether oxygens (including phenoxy) is 1. The van der Waals surface area contributed by atoms with Gasteiger partial charge >= 0.3 is 0 Å². The second-order valence-corrected chi connectivity index (χ2v) is 7.61. The maximum atomic E-state index is 12.5. The Hall–Kier alpha value is -2.38. The van der Waals surface area contributed by atoms with Crippen molar-refractivity contribution < 1.29 is 9.53 Å². The maximum absolute atomic E-state index is 12.5. The van der Waals surface area contributed by atoms with Gasteiger partial charge in [0.05, 0.1) is 12.1 Å². The van der Waals surface area contributed by atoms with E-state index in [1.54, 1.807) is 24.7 Å². The van der Waals surface area contributed by atoms with Gasteiger partial charge in [-0.05, 0) is 50.0 Å². The van der Waals surface area contributed by atoms with Gasteiger partial charge in [0.1, 0.15) is 0 Å². The predicted octanol–water partition coefficient (Wildman–Crippen LogP) is 1.62. The summed E-state index contributed by atoms with van der Waals surface area (Å²) in [5.41, 5.74) is 1.16. The molecule has 2 fully saturated rings. The van der Waals surface area contributed by atoms with E-state index in [2.05, 4.69) is 26.9 Å². The molecule has 2 saturated heterocycles. The number of likely N-dealkylation sites (tertiary alicyclic amines) is 2. The first-order valence-corrected chi connectivity index (χ1v) is 9.40. The third-order valence-corrected chi connectivity index (χ3v) is 5.71. The Morgan fingerprint density at radius 3 is 2.81 bits per heavy atom. The molecule has 0 saturated carbocycles. The van der Waals surface area contributed by atoms with Crippen LogP contribution in [0.2, 0.25) is 0 Å². The predicted molar refractivity (Wildman–Crippen MR) is 99.9 cm³/mol. The molecule has 1 unspecified atom stereocenters. The average molecular weight is 367 g/mol. The molecular formula is C20H25N5O2. The summed E-state index contributed by atoms with van der Waals surface area (Å²) in [6.07, 6.45) is 9.01. The molecule has 7 heteroatoms. The zero-order valence-electron chi connectivity index (χ0n) is 15.6. The van der Waals surface area contributed by atoms with Gasteiger partial charge < -0.3 is 9.64 Å². The number of aromatic nitrogens is 3. The number of hydrogen-bond acceptors (Lipinski definition) is 6. The highest BCUT2D eigenvalue weighted by molar-refractivity contribution is 5.91. The highest BCUT2D eigenvalue weighted by atomic mass is 16.5. The molecule has 4 heterocycles. The summed E-state index contributed by atoms with van der Waals surface area (Å²) < 4.78 is 5.94. The number of piperidine rings is 1. The van der Waals surface area contributed by atoms with Gasteiger partial charge in [0.2, 0.25) is 5.82 Å². The van der Waals surface area contributed by atoms with Gasteiger partial charge in [-0.3, -0.25) is 14.7 Å². The number of likely N-dealkylation sites (N-methyl/N-ethyl adjacent to an activating group) is 1. The molecule has 2 aromatic heterocycles. The smallest absolute Gasteiger partial charge is 0.291 e. The zero-order valence-corrected chi connectivity index (χ0v) is 15.6. The van der Waals surface area contributed by atoms with Crippen LogP contribution in [0.5, 0.6) is 0 Å². The molecule has 0 bridgehead atoms. The Morgan fingerprint density at radius 2 is 2.07 bits per heavy atom. The molecule has 0 aromatic carbocycles. The van der Waals surface area contributed by atoms with Crippen molar-refractivity contribution in [3.63, 3.8) is 0 Å². The fourth-order valence-corrected chi connectivity index (χ4v) is 4.11. The van der Waals surface area contributed by atoms with Gasteiger partial charge in [0, 0.05) is 44.5 Å². The molecule has 27 heavy (non-hydrogen) atoms. The second kappa shape index (κ2) is 7.70. The monoisotopic (exact) mass is 367 g/mol.